The van der Waals surface area contributed by atoms with Crippen molar-refractivity contribution >= 4 is 5.91 Å². The minimum atomic E-state index is -0.0255. The highest BCUT2D eigenvalue weighted by molar-refractivity contribution is 5.94. The van der Waals surface area contributed by atoms with Crippen LogP contribution < -0.4 is 5.73 Å². The maximum Gasteiger partial charge on any atom is 0.257 e. The molecule has 1 heterocycles. The molecular weight excluding hydrogens is 252 g/mol. The summed E-state index contributed by atoms with van der Waals surface area (Å²) in [7, 11) is 3.62. The van der Waals surface area contributed by atoms with E-state index in [9.17, 15) is 4.79 Å². The largest absolute Gasteiger partial charge is 0.337 e. The summed E-state index contributed by atoms with van der Waals surface area (Å²) in [5.41, 5.74) is 9.37. The molecule has 2 aromatic rings. The first kappa shape index (κ1) is 14.3. The maximum absolute atomic E-state index is 12.4. The van der Waals surface area contributed by atoms with E-state index in [1.807, 2.05) is 38.2 Å². The maximum atomic E-state index is 12.4. The van der Waals surface area contributed by atoms with Crippen LogP contribution in [0.1, 0.15) is 27.2 Å². The first-order valence-corrected chi connectivity index (χ1v) is 6.55. The lowest BCUT2D eigenvalue weighted by Crippen LogP contribution is -2.27. The normalized spacial score (nSPS) is 10.6. The van der Waals surface area contributed by atoms with Gasteiger partial charge in [-0.1, -0.05) is 24.3 Å². The van der Waals surface area contributed by atoms with E-state index in [0.717, 1.165) is 16.8 Å². The molecule has 106 valence electrons. The van der Waals surface area contributed by atoms with E-state index in [1.165, 1.54) is 0 Å². The van der Waals surface area contributed by atoms with E-state index < -0.39 is 0 Å². The van der Waals surface area contributed by atoms with Gasteiger partial charge in [0.25, 0.3) is 5.91 Å². The summed E-state index contributed by atoms with van der Waals surface area (Å²) in [6, 6.07) is 7.91. The summed E-state index contributed by atoms with van der Waals surface area (Å²) < 4.78 is 1.70. The summed E-state index contributed by atoms with van der Waals surface area (Å²) in [5, 5.41) is 4.11. The minimum absolute atomic E-state index is 0.0255. The quantitative estimate of drug-likeness (QED) is 0.916. The second kappa shape index (κ2) is 5.88. The fraction of sp³-hybridized carbons (Fsp3) is 0.333. The molecule has 5 heteroatoms. The molecular formula is C15H20N4O. The molecule has 0 aliphatic heterocycles. The lowest BCUT2D eigenvalue weighted by molar-refractivity contribution is 0.0784. The molecule has 1 aromatic heterocycles. The molecule has 0 saturated heterocycles. The summed E-state index contributed by atoms with van der Waals surface area (Å²) in [5.74, 6) is -0.0255. The molecule has 0 spiro atoms. The highest BCUT2D eigenvalue weighted by atomic mass is 16.2. The Morgan fingerprint density at radius 1 is 1.35 bits per heavy atom. The molecule has 0 atom stereocenters. The van der Waals surface area contributed by atoms with E-state index in [4.69, 9.17) is 5.73 Å². The van der Waals surface area contributed by atoms with Crippen LogP contribution in [0.5, 0.6) is 0 Å². The van der Waals surface area contributed by atoms with Crippen molar-refractivity contribution in [1.29, 1.82) is 0 Å². The first-order chi connectivity index (χ1) is 9.54. The van der Waals surface area contributed by atoms with Gasteiger partial charge in [0, 0.05) is 32.9 Å². The summed E-state index contributed by atoms with van der Waals surface area (Å²) in [6.45, 7) is 2.91. The van der Waals surface area contributed by atoms with Crippen LogP contribution in [0.15, 0.2) is 30.5 Å². The highest BCUT2D eigenvalue weighted by Gasteiger charge is 2.17. The zero-order valence-corrected chi connectivity index (χ0v) is 12.1. The molecule has 2 N–H and O–H groups in total. The van der Waals surface area contributed by atoms with Gasteiger partial charge >= 0.3 is 0 Å². The van der Waals surface area contributed by atoms with Crippen molar-refractivity contribution in [2.45, 2.75) is 20.0 Å². The van der Waals surface area contributed by atoms with E-state index in [0.29, 0.717) is 18.7 Å². The highest BCUT2D eigenvalue weighted by Crippen LogP contribution is 2.14. The van der Waals surface area contributed by atoms with Crippen LogP contribution in [-0.4, -0.2) is 27.6 Å². The third-order valence-electron chi connectivity index (χ3n) is 3.56. The predicted molar refractivity (Wildman–Crippen MR) is 78.1 cm³/mol. The Morgan fingerprint density at radius 3 is 2.55 bits per heavy atom. The number of nitrogens with two attached hydrogens (primary N) is 1. The second-order valence-electron chi connectivity index (χ2n) is 4.90. The number of amides is 1. The number of hydrogen-bond acceptors (Lipinski definition) is 3. The Kier molecular flexibility index (Phi) is 4.20. The molecule has 5 nitrogen and oxygen atoms in total. The minimum Gasteiger partial charge on any atom is -0.337 e. The average Bonchev–Trinajstić information content (AvgIpc) is 2.78. The molecule has 0 unspecified atom stereocenters. The van der Waals surface area contributed by atoms with Crippen LogP contribution >= 0.6 is 0 Å². The zero-order valence-electron chi connectivity index (χ0n) is 12.1. The number of carbonyl (C=O) groups is 1. The molecule has 0 aliphatic carbocycles. The van der Waals surface area contributed by atoms with Gasteiger partial charge in [-0.25, -0.2) is 0 Å². The van der Waals surface area contributed by atoms with Gasteiger partial charge in [-0.05, 0) is 18.1 Å². The number of carbonyl (C=O) groups excluding carboxylic acids is 1. The van der Waals surface area contributed by atoms with Crippen molar-refractivity contribution in [3.05, 3.63) is 52.8 Å². The molecule has 0 bridgehead atoms. The number of benzene rings is 1. The summed E-state index contributed by atoms with van der Waals surface area (Å²) >= 11 is 0. The van der Waals surface area contributed by atoms with Crippen molar-refractivity contribution in [3.8, 4) is 0 Å². The third kappa shape index (κ3) is 2.72. The van der Waals surface area contributed by atoms with Gasteiger partial charge in [-0.15, -0.1) is 0 Å². The van der Waals surface area contributed by atoms with Gasteiger partial charge in [-0.3, -0.25) is 9.48 Å². The van der Waals surface area contributed by atoms with Gasteiger partial charge in [-0.2, -0.15) is 5.10 Å². The third-order valence-corrected chi connectivity index (χ3v) is 3.56. The summed E-state index contributed by atoms with van der Waals surface area (Å²) in [6.07, 6.45) is 1.61. The molecule has 0 aliphatic rings. The Morgan fingerprint density at radius 2 is 2.00 bits per heavy atom. The zero-order chi connectivity index (χ0) is 14.7. The fourth-order valence-electron chi connectivity index (χ4n) is 2.15. The van der Waals surface area contributed by atoms with Crippen molar-refractivity contribution in [2.75, 3.05) is 7.05 Å². The molecule has 20 heavy (non-hydrogen) atoms. The monoisotopic (exact) mass is 272 g/mol. The van der Waals surface area contributed by atoms with E-state index in [-0.39, 0.29) is 5.91 Å². The van der Waals surface area contributed by atoms with Crippen LogP contribution in [0.3, 0.4) is 0 Å². The smallest absolute Gasteiger partial charge is 0.257 e. The molecule has 1 amide bonds. The lowest BCUT2D eigenvalue weighted by atomic mass is 10.1. The first-order valence-electron chi connectivity index (χ1n) is 6.55. The molecule has 0 saturated carbocycles. The SMILES string of the molecule is Cc1c(C(=O)N(C)Cc2ccccc2CN)cnn1C. The number of aryl methyl sites for hydroxylation is 1. The van der Waals surface area contributed by atoms with Crippen molar-refractivity contribution in [2.24, 2.45) is 12.8 Å². The van der Waals surface area contributed by atoms with Gasteiger partial charge in [0.2, 0.25) is 0 Å². The number of hydrogen-bond donors (Lipinski definition) is 1. The molecule has 0 fully saturated rings. The van der Waals surface area contributed by atoms with Crippen LogP contribution in [-0.2, 0) is 20.1 Å². The van der Waals surface area contributed by atoms with Crippen molar-refractivity contribution < 1.29 is 4.79 Å². The Hall–Kier alpha value is -2.14. The Labute approximate surface area is 119 Å². The summed E-state index contributed by atoms with van der Waals surface area (Å²) in [4.78, 5) is 14.1. The molecule has 2 rings (SSSR count). The van der Waals surface area contributed by atoms with E-state index in [1.54, 1.807) is 22.8 Å². The molecule has 0 radical (unpaired) electrons. The van der Waals surface area contributed by atoms with Gasteiger partial charge in [0.05, 0.1) is 11.8 Å². The van der Waals surface area contributed by atoms with Crippen LogP contribution in [0.25, 0.3) is 0 Å². The standard InChI is InChI=1S/C15H20N4O/c1-11-14(9-17-19(11)3)15(20)18(2)10-13-7-5-4-6-12(13)8-16/h4-7,9H,8,10,16H2,1-3H3. The topological polar surface area (TPSA) is 64.2 Å². The Balaban J connectivity index is 2.18. The second-order valence-corrected chi connectivity index (χ2v) is 4.90. The fourth-order valence-corrected chi connectivity index (χ4v) is 2.15. The van der Waals surface area contributed by atoms with Gasteiger partial charge in [0.1, 0.15) is 0 Å². The van der Waals surface area contributed by atoms with Gasteiger partial charge < -0.3 is 10.6 Å². The Bertz CT molecular complexity index is 618. The average molecular weight is 272 g/mol. The van der Waals surface area contributed by atoms with Crippen LogP contribution in [0.4, 0.5) is 0 Å². The lowest BCUT2D eigenvalue weighted by Gasteiger charge is -2.18. The van der Waals surface area contributed by atoms with Gasteiger partial charge in [0.15, 0.2) is 0 Å². The van der Waals surface area contributed by atoms with Crippen LogP contribution in [0.2, 0.25) is 0 Å². The molecule has 1 aromatic carbocycles. The van der Waals surface area contributed by atoms with E-state index >= 15 is 0 Å². The van der Waals surface area contributed by atoms with Crippen molar-refractivity contribution in [3.63, 3.8) is 0 Å². The van der Waals surface area contributed by atoms with Crippen molar-refractivity contribution in [1.82, 2.24) is 14.7 Å². The number of nitrogens with zero attached hydrogens (tertiary/aromatic N) is 3. The predicted octanol–water partition coefficient (Wildman–Crippen LogP) is 1.46. The number of rotatable bonds is 4. The van der Waals surface area contributed by atoms with Crippen LogP contribution in [0, 0.1) is 6.92 Å². The van der Waals surface area contributed by atoms with E-state index in [2.05, 4.69) is 5.10 Å². The number of aromatic nitrogens is 2.